The minimum atomic E-state index is -1.68. The summed E-state index contributed by atoms with van der Waals surface area (Å²) in [5, 5.41) is 80.1. The van der Waals surface area contributed by atoms with Crippen LogP contribution < -0.4 is 4.74 Å². The Kier molecular flexibility index (Phi) is 8.86. The Labute approximate surface area is 190 Å². The first-order valence-corrected chi connectivity index (χ1v) is 10.7. The van der Waals surface area contributed by atoms with Crippen molar-refractivity contribution in [3.8, 4) is 11.5 Å². The minimum absolute atomic E-state index is 0.0133. The highest BCUT2D eigenvalue weighted by atomic mass is 16.7. The molecule has 0 aromatic heterocycles. The number of hydrogen-bond donors (Lipinski definition) is 8. The molecule has 188 valence electrons. The van der Waals surface area contributed by atoms with Crippen molar-refractivity contribution in [3.05, 3.63) is 23.8 Å². The number of phenolic OH excluding ortho intramolecular Hbond substituents is 1. The van der Waals surface area contributed by atoms with Crippen LogP contribution in [-0.2, 0) is 20.6 Å². The summed E-state index contributed by atoms with van der Waals surface area (Å²) in [5.41, 5.74) is 0.772. The molecule has 1 aromatic rings. The number of hydrogen-bond acceptors (Lipinski definition) is 12. The summed E-state index contributed by atoms with van der Waals surface area (Å²) in [7, 11) is 1.42. The molecule has 0 radical (unpaired) electrons. The molecular formula is C21H32O12. The van der Waals surface area contributed by atoms with E-state index in [1.807, 2.05) is 0 Å². The maximum Gasteiger partial charge on any atom is 0.186 e. The summed E-state index contributed by atoms with van der Waals surface area (Å²) in [6.07, 6.45) is -14.2. The van der Waals surface area contributed by atoms with Crippen LogP contribution in [0.2, 0.25) is 0 Å². The van der Waals surface area contributed by atoms with E-state index in [0.717, 1.165) is 5.56 Å². The molecule has 1 heterocycles. The SMILES string of the molecule is COc1cc(CCO[C@@H]2O[C@H](CO)[C@@H](O)[C@H](O[C@@H]3C[C@@H](O)[C@H](O)[C@@H](O)[C@H]3O)[C@H]2O)ccc1O. The van der Waals surface area contributed by atoms with E-state index in [1.54, 1.807) is 12.1 Å². The molecule has 2 fully saturated rings. The lowest BCUT2D eigenvalue weighted by atomic mass is 9.86. The minimum Gasteiger partial charge on any atom is -0.504 e. The highest BCUT2D eigenvalue weighted by Gasteiger charge is 2.50. The van der Waals surface area contributed by atoms with Gasteiger partial charge in [0.1, 0.15) is 42.7 Å². The van der Waals surface area contributed by atoms with Gasteiger partial charge < -0.3 is 59.8 Å². The fourth-order valence-corrected chi connectivity index (χ4v) is 4.03. The number of aliphatic hydroxyl groups is 7. The number of ether oxygens (including phenoxy) is 4. The second-order valence-electron chi connectivity index (χ2n) is 8.25. The second kappa shape index (κ2) is 11.2. The maximum atomic E-state index is 10.7. The summed E-state index contributed by atoms with van der Waals surface area (Å²) in [5.74, 6) is 0.277. The summed E-state index contributed by atoms with van der Waals surface area (Å²) < 4.78 is 21.7. The topological polar surface area (TPSA) is 199 Å². The third-order valence-corrected chi connectivity index (χ3v) is 6.02. The van der Waals surface area contributed by atoms with Crippen LogP contribution in [0.3, 0.4) is 0 Å². The summed E-state index contributed by atoms with van der Waals surface area (Å²) in [6.45, 7) is -0.549. The van der Waals surface area contributed by atoms with Crippen LogP contribution >= 0.6 is 0 Å². The molecule has 1 saturated carbocycles. The molecule has 2 aliphatic rings. The van der Waals surface area contributed by atoms with Crippen LogP contribution in [-0.4, -0.2) is 122 Å². The molecule has 10 atom stereocenters. The highest BCUT2D eigenvalue weighted by Crippen LogP contribution is 2.31. The van der Waals surface area contributed by atoms with Crippen LogP contribution in [0.1, 0.15) is 12.0 Å². The third kappa shape index (κ3) is 5.74. The molecule has 0 bridgehead atoms. The molecule has 1 saturated heterocycles. The van der Waals surface area contributed by atoms with Gasteiger partial charge in [0, 0.05) is 6.42 Å². The standard InChI is InChI=1S/C21H32O12/c1-30-12-6-9(2-3-10(12)23)4-5-31-21-19(29)20(17(27)14(8-22)33-21)32-13-7-11(24)15(25)18(28)16(13)26/h2-3,6,11,13-29H,4-5,7-8H2,1H3/t11-,13-,14-,15+,16+,17-,18-,19-,20+,21-/m1/s1. The average Bonchev–Trinajstić information content (AvgIpc) is 2.80. The van der Waals surface area contributed by atoms with E-state index in [0.29, 0.717) is 12.2 Å². The van der Waals surface area contributed by atoms with Crippen molar-refractivity contribution < 1.29 is 59.8 Å². The quantitative estimate of drug-likeness (QED) is 0.189. The van der Waals surface area contributed by atoms with Gasteiger partial charge in [-0.05, 0) is 24.1 Å². The molecule has 12 heteroatoms. The van der Waals surface area contributed by atoms with E-state index in [2.05, 4.69) is 0 Å². The largest absolute Gasteiger partial charge is 0.504 e. The number of rotatable bonds is 8. The number of benzene rings is 1. The van der Waals surface area contributed by atoms with Gasteiger partial charge in [0.2, 0.25) is 0 Å². The summed E-state index contributed by atoms with van der Waals surface area (Å²) >= 11 is 0. The zero-order chi connectivity index (χ0) is 24.3. The van der Waals surface area contributed by atoms with Crippen molar-refractivity contribution in [1.29, 1.82) is 0 Å². The molecule has 0 amide bonds. The Morgan fingerprint density at radius 2 is 1.70 bits per heavy atom. The van der Waals surface area contributed by atoms with E-state index in [1.165, 1.54) is 13.2 Å². The molecule has 3 rings (SSSR count). The van der Waals surface area contributed by atoms with E-state index in [4.69, 9.17) is 18.9 Å². The molecular weight excluding hydrogens is 444 g/mol. The smallest absolute Gasteiger partial charge is 0.186 e. The maximum absolute atomic E-state index is 10.7. The van der Waals surface area contributed by atoms with Crippen LogP contribution in [0.25, 0.3) is 0 Å². The first kappa shape index (κ1) is 26.0. The molecule has 1 aromatic carbocycles. The molecule has 1 aliphatic carbocycles. The van der Waals surface area contributed by atoms with Gasteiger partial charge in [0.25, 0.3) is 0 Å². The van der Waals surface area contributed by atoms with E-state index >= 15 is 0 Å². The van der Waals surface area contributed by atoms with Gasteiger partial charge in [0.05, 0.1) is 32.5 Å². The van der Waals surface area contributed by atoms with Crippen molar-refractivity contribution in [2.24, 2.45) is 0 Å². The third-order valence-electron chi connectivity index (χ3n) is 6.02. The van der Waals surface area contributed by atoms with Crippen molar-refractivity contribution in [2.75, 3.05) is 20.3 Å². The van der Waals surface area contributed by atoms with Crippen LogP contribution in [0, 0.1) is 0 Å². The molecule has 33 heavy (non-hydrogen) atoms. The first-order chi connectivity index (χ1) is 15.7. The fourth-order valence-electron chi connectivity index (χ4n) is 4.03. The number of aromatic hydroxyl groups is 1. The van der Waals surface area contributed by atoms with Gasteiger partial charge in [-0.1, -0.05) is 6.07 Å². The lowest BCUT2D eigenvalue weighted by Crippen LogP contribution is -2.63. The van der Waals surface area contributed by atoms with Crippen molar-refractivity contribution in [3.63, 3.8) is 0 Å². The lowest BCUT2D eigenvalue weighted by molar-refractivity contribution is -0.321. The van der Waals surface area contributed by atoms with Gasteiger partial charge in [-0.2, -0.15) is 0 Å². The number of aliphatic hydroxyl groups excluding tert-OH is 7. The Balaban J connectivity index is 1.64. The van der Waals surface area contributed by atoms with Gasteiger partial charge >= 0.3 is 0 Å². The number of methoxy groups -OCH3 is 1. The molecule has 1 aliphatic heterocycles. The Morgan fingerprint density at radius 3 is 2.36 bits per heavy atom. The molecule has 12 nitrogen and oxygen atoms in total. The van der Waals surface area contributed by atoms with E-state index in [9.17, 15) is 40.9 Å². The van der Waals surface area contributed by atoms with Crippen LogP contribution in [0.4, 0.5) is 0 Å². The molecule has 8 N–H and O–H groups in total. The fraction of sp³-hybridized carbons (Fsp3) is 0.714. The van der Waals surface area contributed by atoms with Crippen molar-refractivity contribution in [1.82, 2.24) is 0 Å². The predicted molar refractivity (Wildman–Crippen MR) is 109 cm³/mol. The Bertz CT molecular complexity index is 763. The second-order valence-corrected chi connectivity index (χ2v) is 8.25. The Hall–Kier alpha value is -1.58. The van der Waals surface area contributed by atoms with Crippen LogP contribution in [0.5, 0.6) is 11.5 Å². The van der Waals surface area contributed by atoms with Crippen molar-refractivity contribution in [2.45, 2.75) is 74.1 Å². The predicted octanol–water partition coefficient (Wildman–Crippen LogP) is -3.00. The normalized spacial score (nSPS) is 39.4. The summed E-state index contributed by atoms with van der Waals surface area (Å²) in [6, 6.07) is 4.76. The zero-order valence-corrected chi connectivity index (χ0v) is 18.0. The van der Waals surface area contributed by atoms with Crippen LogP contribution in [0.15, 0.2) is 18.2 Å². The average molecular weight is 476 g/mol. The lowest BCUT2D eigenvalue weighted by Gasteiger charge is -2.45. The van der Waals surface area contributed by atoms with Gasteiger partial charge in [-0.25, -0.2) is 0 Å². The monoisotopic (exact) mass is 476 g/mol. The summed E-state index contributed by atoms with van der Waals surface area (Å²) in [4.78, 5) is 0. The van der Waals surface area contributed by atoms with E-state index in [-0.39, 0.29) is 18.8 Å². The Morgan fingerprint density at radius 1 is 0.970 bits per heavy atom. The van der Waals surface area contributed by atoms with Gasteiger partial charge in [-0.3, -0.25) is 0 Å². The number of phenols is 1. The molecule has 0 unspecified atom stereocenters. The van der Waals surface area contributed by atoms with Gasteiger partial charge in [-0.15, -0.1) is 0 Å². The van der Waals surface area contributed by atoms with Crippen molar-refractivity contribution >= 4 is 0 Å². The first-order valence-electron chi connectivity index (χ1n) is 10.7. The van der Waals surface area contributed by atoms with E-state index < -0.39 is 67.8 Å². The molecule has 0 spiro atoms. The zero-order valence-electron chi connectivity index (χ0n) is 18.0. The van der Waals surface area contributed by atoms with Gasteiger partial charge in [0.15, 0.2) is 17.8 Å². The highest BCUT2D eigenvalue weighted by molar-refractivity contribution is 5.41.